The van der Waals surface area contributed by atoms with Crippen LogP contribution >= 0.6 is 0 Å². The molecule has 0 heterocycles. The van der Waals surface area contributed by atoms with E-state index in [1.165, 1.54) is 6.08 Å². The van der Waals surface area contributed by atoms with Gasteiger partial charge in [-0.15, -0.1) is 0 Å². The Labute approximate surface area is 95.5 Å². The molecule has 0 fully saturated rings. The molecule has 0 radical (unpaired) electrons. The van der Waals surface area contributed by atoms with Crippen molar-refractivity contribution in [3.05, 3.63) is 53.6 Å². The van der Waals surface area contributed by atoms with Crippen molar-refractivity contribution >= 4 is 11.9 Å². The Kier molecular flexibility index (Phi) is 4.23. The monoisotopic (exact) mass is 211 g/mol. The summed E-state index contributed by atoms with van der Waals surface area (Å²) in [7, 11) is 0. The van der Waals surface area contributed by atoms with Crippen LogP contribution in [0.25, 0.3) is 6.08 Å². The fourth-order valence-electron chi connectivity index (χ4n) is 1.13. The zero-order valence-electron chi connectivity index (χ0n) is 9.23. The van der Waals surface area contributed by atoms with E-state index in [-0.39, 0.29) is 5.78 Å². The summed E-state index contributed by atoms with van der Waals surface area (Å²) in [5.74, 6) is -0.0492. The van der Waals surface area contributed by atoms with Gasteiger partial charge in [0.05, 0.1) is 11.6 Å². The van der Waals surface area contributed by atoms with E-state index in [2.05, 4.69) is 6.58 Å². The zero-order valence-corrected chi connectivity index (χ0v) is 9.23. The first-order chi connectivity index (χ1) is 7.67. The average Bonchev–Trinajstić information content (AvgIpc) is 2.35. The van der Waals surface area contributed by atoms with Crippen molar-refractivity contribution in [3.63, 3.8) is 0 Å². The second kappa shape index (κ2) is 5.67. The van der Waals surface area contributed by atoms with Crippen molar-refractivity contribution in [1.29, 1.82) is 5.26 Å². The van der Waals surface area contributed by atoms with Gasteiger partial charge in [0.15, 0.2) is 5.78 Å². The van der Waals surface area contributed by atoms with Crippen LogP contribution in [0.4, 0.5) is 0 Å². The second-order valence-corrected chi connectivity index (χ2v) is 3.39. The maximum Gasteiger partial charge on any atom is 0.181 e. The van der Waals surface area contributed by atoms with Crippen LogP contribution in [0.2, 0.25) is 0 Å². The number of carbonyl (C=O) groups is 1. The molecule has 1 rings (SSSR count). The molecule has 0 N–H and O–H groups in total. The average molecular weight is 211 g/mol. The van der Waals surface area contributed by atoms with Gasteiger partial charge in [-0.1, -0.05) is 31.7 Å². The molecule has 2 heteroatoms. The Hall–Kier alpha value is -2.14. The third kappa shape index (κ3) is 3.21. The molecule has 0 aliphatic heterocycles. The van der Waals surface area contributed by atoms with Gasteiger partial charge in [0.25, 0.3) is 0 Å². The molecule has 2 nitrogen and oxygen atoms in total. The molecular formula is C14H13NO. The number of nitriles is 1. The highest BCUT2D eigenvalue weighted by Gasteiger charge is 1.99. The number of nitrogens with zero attached hydrogens (tertiary/aromatic N) is 1. The van der Waals surface area contributed by atoms with E-state index in [1.807, 2.05) is 13.0 Å². The lowest BCUT2D eigenvalue weighted by atomic mass is 10.1. The molecule has 0 aliphatic carbocycles. The Balaban J connectivity index is 2.74. The summed E-state index contributed by atoms with van der Waals surface area (Å²) in [5.41, 5.74) is 2.11. The number of rotatable bonds is 4. The summed E-state index contributed by atoms with van der Waals surface area (Å²) in [4.78, 5) is 11.4. The normalized spacial score (nSPS) is 10.0. The standard InChI is InChI=1S/C14H13NO/c1-3-11(2)14(16)9-8-12-4-6-13(10-15)7-5-12/h4-9H,2-3H2,1H3/b9-8+. The van der Waals surface area contributed by atoms with Crippen LogP contribution in [-0.4, -0.2) is 5.78 Å². The van der Waals surface area contributed by atoms with Gasteiger partial charge in [-0.2, -0.15) is 5.26 Å². The highest BCUT2D eigenvalue weighted by Crippen LogP contribution is 2.07. The number of carbonyl (C=O) groups excluding carboxylic acids is 1. The van der Waals surface area contributed by atoms with Gasteiger partial charge in [-0.05, 0) is 35.8 Å². The minimum Gasteiger partial charge on any atom is -0.290 e. The molecule has 0 bridgehead atoms. The third-order valence-corrected chi connectivity index (χ3v) is 2.24. The molecule has 0 atom stereocenters. The molecular weight excluding hydrogens is 198 g/mol. The molecule has 0 unspecified atom stereocenters. The molecule has 1 aromatic carbocycles. The van der Waals surface area contributed by atoms with Gasteiger partial charge in [0, 0.05) is 0 Å². The van der Waals surface area contributed by atoms with Gasteiger partial charge in [-0.3, -0.25) is 4.79 Å². The number of hydrogen-bond donors (Lipinski definition) is 0. The van der Waals surface area contributed by atoms with Crippen molar-refractivity contribution in [1.82, 2.24) is 0 Å². The second-order valence-electron chi connectivity index (χ2n) is 3.39. The largest absolute Gasteiger partial charge is 0.290 e. The van der Waals surface area contributed by atoms with Crippen molar-refractivity contribution in [2.45, 2.75) is 13.3 Å². The highest BCUT2D eigenvalue weighted by atomic mass is 16.1. The number of benzene rings is 1. The van der Waals surface area contributed by atoms with E-state index in [4.69, 9.17) is 5.26 Å². The van der Waals surface area contributed by atoms with Gasteiger partial charge in [-0.25, -0.2) is 0 Å². The molecule has 0 spiro atoms. The molecule has 0 saturated heterocycles. The third-order valence-electron chi connectivity index (χ3n) is 2.24. The Bertz CT molecular complexity index is 461. The van der Waals surface area contributed by atoms with Crippen molar-refractivity contribution in [2.24, 2.45) is 0 Å². The van der Waals surface area contributed by atoms with Gasteiger partial charge < -0.3 is 0 Å². The lowest BCUT2D eigenvalue weighted by Gasteiger charge is -1.95. The topological polar surface area (TPSA) is 40.9 Å². The maximum absolute atomic E-state index is 11.4. The van der Waals surface area contributed by atoms with E-state index in [9.17, 15) is 4.79 Å². The number of allylic oxidation sites excluding steroid dienone is 2. The van der Waals surface area contributed by atoms with E-state index < -0.39 is 0 Å². The summed E-state index contributed by atoms with van der Waals surface area (Å²) in [6, 6.07) is 9.09. The molecule has 1 aromatic rings. The fraction of sp³-hybridized carbons (Fsp3) is 0.143. The summed E-state index contributed by atoms with van der Waals surface area (Å²) in [5, 5.41) is 8.62. The minimum absolute atomic E-state index is 0.0492. The summed E-state index contributed by atoms with van der Waals surface area (Å²) < 4.78 is 0. The first-order valence-corrected chi connectivity index (χ1v) is 5.07. The zero-order chi connectivity index (χ0) is 12.0. The SMILES string of the molecule is C=C(CC)C(=O)/C=C/c1ccc(C#N)cc1. The molecule has 16 heavy (non-hydrogen) atoms. The van der Waals surface area contributed by atoms with Crippen LogP contribution in [-0.2, 0) is 4.79 Å². The van der Waals surface area contributed by atoms with Crippen LogP contribution < -0.4 is 0 Å². The van der Waals surface area contributed by atoms with E-state index in [0.717, 1.165) is 5.56 Å². The van der Waals surface area contributed by atoms with Crippen LogP contribution in [0.1, 0.15) is 24.5 Å². The Morgan fingerprint density at radius 1 is 1.44 bits per heavy atom. The van der Waals surface area contributed by atoms with Gasteiger partial charge in [0.2, 0.25) is 0 Å². The minimum atomic E-state index is -0.0492. The van der Waals surface area contributed by atoms with Crippen molar-refractivity contribution < 1.29 is 4.79 Å². The molecule has 0 aliphatic rings. The molecule has 0 aromatic heterocycles. The Morgan fingerprint density at radius 2 is 2.06 bits per heavy atom. The van der Waals surface area contributed by atoms with Crippen molar-refractivity contribution in [2.75, 3.05) is 0 Å². The first-order valence-electron chi connectivity index (χ1n) is 5.07. The quantitative estimate of drug-likeness (QED) is 0.718. The summed E-state index contributed by atoms with van der Waals surface area (Å²) in [6.45, 7) is 5.57. The first kappa shape index (κ1) is 11.9. The molecule has 0 amide bonds. The highest BCUT2D eigenvalue weighted by molar-refractivity contribution is 6.05. The number of ketones is 1. The summed E-state index contributed by atoms with van der Waals surface area (Å²) in [6.07, 6.45) is 3.90. The van der Waals surface area contributed by atoms with Crippen LogP contribution in [0.5, 0.6) is 0 Å². The van der Waals surface area contributed by atoms with Crippen LogP contribution in [0, 0.1) is 11.3 Å². The molecule has 80 valence electrons. The van der Waals surface area contributed by atoms with Gasteiger partial charge >= 0.3 is 0 Å². The van der Waals surface area contributed by atoms with Crippen LogP contribution in [0.3, 0.4) is 0 Å². The van der Waals surface area contributed by atoms with Crippen molar-refractivity contribution in [3.8, 4) is 6.07 Å². The predicted molar refractivity (Wildman–Crippen MR) is 64.6 cm³/mol. The number of hydrogen-bond acceptors (Lipinski definition) is 2. The summed E-state index contributed by atoms with van der Waals surface area (Å²) >= 11 is 0. The Morgan fingerprint density at radius 3 is 2.56 bits per heavy atom. The lowest BCUT2D eigenvalue weighted by molar-refractivity contribution is -0.111. The lowest BCUT2D eigenvalue weighted by Crippen LogP contribution is -1.94. The van der Waals surface area contributed by atoms with Gasteiger partial charge in [0.1, 0.15) is 0 Å². The molecule has 0 saturated carbocycles. The van der Waals surface area contributed by atoms with E-state index in [0.29, 0.717) is 17.6 Å². The smallest absolute Gasteiger partial charge is 0.181 e. The van der Waals surface area contributed by atoms with E-state index in [1.54, 1.807) is 30.3 Å². The van der Waals surface area contributed by atoms with Crippen LogP contribution in [0.15, 0.2) is 42.5 Å². The predicted octanol–water partition coefficient (Wildman–Crippen LogP) is 3.11. The van der Waals surface area contributed by atoms with E-state index >= 15 is 0 Å². The fourth-order valence-corrected chi connectivity index (χ4v) is 1.13. The maximum atomic E-state index is 11.4.